The van der Waals surface area contributed by atoms with Crippen LogP contribution >= 0.6 is 34.5 Å². The Labute approximate surface area is 293 Å². The van der Waals surface area contributed by atoms with Gasteiger partial charge in [0, 0.05) is 65.8 Å². The monoisotopic (exact) mass is 705 g/mol. The molecule has 10 nitrogen and oxygen atoms in total. The number of piperazine rings is 1. The maximum atomic E-state index is 6.59. The van der Waals surface area contributed by atoms with E-state index in [9.17, 15) is 0 Å². The van der Waals surface area contributed by atoms with Gasteiger partial charge in [-0.25, -0.2) is 14.7 Å². The molecule has 2 unspecified atom stereocenters. The largest absolute Gasteiger partial charge is 0.491 e. The Morgan fingerprint density at radius 2 is 1.69 bits per heavy atom. The van der Waals surface area contributed by atoms with Crippen molar-refractivity contribution in [2.75, 3.05) is 49.2 Å². The van der Waals surface area contributed by atoms with E-state index >= 15 is 0 Å². The number of aromatic nitrogens is 4. The third-order valence-corrected chi connectivity index (χ3v) is 9.89. The first-order valence-corrected chi connectivity index (χ1v) is 17.6. The van der Waals surface area contributed by atoms with Gasteiger partial charge in [-0.2, -0.15) is 5.10 Å². The summed E-state index contributed by atoms with van der Waals surface area (Å²) in [7, 11) is 0. The number of anilines is 2. The molecule has 0 bridgehead atoms. The van der Waals surface area contributed by atoms with Crippen molar-refractivity contribution in [3.63, 3.8) is 0 Å². The lowest BCUT2D eigenvalue weighted by Crippen LogP contribution is -2.46. The summed E-state index contributed by atoms with van der Waals surface area (Å²) in [6.45, 7) is 9.04. The van der Waals surface area contributed by atoms with E-state index in [0.29, 0.717) is 34.9 Å². The van der Waals surface area contributed by atoms with Crippen molar-refractivity contribution in [1.82, 2.24) is 19.3 Å². The van der Waals surface area contributed by atoms with Gasteiger partial charge in [-0.1, -0.05) is 29.3 Å². The van der Waals surface area contributed by atoms with Crippen LogP contribution in [0.5, 0.6) is 5.75 Å². The highest BCUT2D eigenvalue weighted by Gasteiger charge is 2.45. The Kier molecular flexibility index (Phi) is 9.74. The van der Waals surface area contributed by atoms with E-state index in [2.05, 4.69) is 86.3 Å². The Morgan fingerprint density at radius 1 is 0.979 bits per heavy atom. The van der Waals surface area contributed by atoms with Crippen molar-refractivity contribution in [3.05, 3.63) is 111 Å². The van der Waals surface area contributed by atoms with E-state index < -0.39 is 5.79 Å². The van der Waals surface area contributed by atoms with Gasteiger partial charge in [0.15, 0.2) is 4.80 Å². The van der Waals surface area contributed by atoms with Crippen molar-refractivity contribution >= 4 is 51.6 Å². The molecule has 5 aromatic rings. The molecule has 2 saturated heterocycles. The quantitative estimate of drug-likeness (QED) is 0.156. The van der Waals surface area contributed by atoms with Crippen LogP contribution in [0.15, 0.2) is 96.0 Å². The molecule has 2 fully saturated rings. The first-order chi connectivity index (χ1) is 23.3. The second kappa shape index (κ2) is 14.3. The van der Waals surface area contributed by atoms with Crippen LogP contribution in [0.2, 0.25) is 10.0 Å². The van der Waals surface area contributed by atoms with Gasteiger partial charge < -0.3 is 28.6 Å². The second-order valence-corrected chi connectivity index (χ2v) is 13.8. The van der Waals surface area contributed by atoms with E-state index in [4.69, 9.17) is 42.4 Å². The molecule has 48 heavy (non-hydrogen) atoms. The maximum Gasteiger partial charge on any atom is 0.217 e. The molecule has 250 valence electrons. The van der Waals surface area contributed by atoms with E-state index in [0.717, 1.165) is 42.4 Å². The van der Waals surface area contributed by atoms with Crippen molar-refractivity contribution in [2.45, 2.75) is 38.3 Å². The molecule has 0 saturated carbocycles. The first kappa shape index (κ1) is 32.7. The minimum absolute atomic E-state index is 0.280. The predicted octanol–water partition coefficient (Wildman–Crippen LogP) is 6.94. The summed E-state index contributed by atoms with van der Waals surface area (Å²) in [5.74, 6) is -0.376. The zero-order valence-corrected chi connectivity index (χ0v) is 29.1. The summed E-state index contributed by atoms with van der Waals surface area (Å²) in [6.07, 6.45) is 4.87. The lowest BCUT2D eigenvalue weighted by molar-refractivity contribution is -0.190. The summed E-state index contributed by atoms with van der Waals surface area (Å²) >= 11 is 14.4. The third kappa shape index (κ3) is 7.25. The standard InChI is InChI=1S/C35H37Cl2N7O3S/c1-25(2)44-17-18-48-34(44)40-27-4-6-28(7-5-27)41-13-15-42(16-14-41)29-8-10-30(11-9-29)45-20-31-21-46-35(47-31,22-43-24-38-23-39-43)32-12-3-26(36)19-33(32)37/h3-12,17-19,23-25,31H,13-16,20-22H2,1-2H3. The van der Waals surface area contributed by atoms with Crippen LogP contribution in [0, 0.1) is 0 Å². The number of hydrogen-bond acceptors (Lipinski definition) is 9. The van der Waals surface area contributed by atoms with Crippen molar-refractivity contribution < 1.29 is 14.2 Å². The molecule has 2 aliphatic rings. The summed E-state index contributed by atoms with van der Waals surface area (Å²) in [5.41, 5.74) is 4.05. The van der Waals surface area contributed by atoms with Crippen LogP contribution in [0.4, 0.5) is 17.1 Å². The highest BCUT2D eigenvalue weighted by Crippen LogP contribution is 2.40. The van der Waals surface area contributed by atoms with Gasteiger partial charge in [0.05, 0.1) is 17.3 Å². The van der Waals surface area contributed by atoms with Crippen LogP contribution in [0.25, 0.3) is 0 Å². The molecule has 2 atom stereocenters. The Hall–Kier alpha value is -3.87. The fraction of sp³-hybridized carbons (Fsp3) is 0.343. The average molecular weight is 707 g/mol. The summed E-state index contributed by atoms with van der Waals surface area (Å²) in [6, 6.07) is 22.5. The van der Waals surface area contributed by atoms with Gasteiger partial charge in [-0.05, 0) is 74.5 Å². The van der Waals surface area contributed by atoms with Gasteiger partial charge >= 0.3 is 0 Å². The van der Waals surface area contributed by atoms with Gasteiger partial charge in [0.1, 0.15) is 37.7 Å². The zero-order valence-electron chi connectivity index (χ0n) is 26.8. The molecule has 4 heterocycles. The van der Waals surface area contributed by atoms with Crippen LogP contribution in [-0.4, -0.2) is 64.8 Å². The number of halogens is 2. The first-order valence-electron chi connectivity index (χ1n) is 16.0. The second-order valence-electron chi connectivity index (χ2n) is 12.1. The fourth-order valence-corrected chi connectivity index (χ4v) is 7.47. The molecular weight excluding hydrogens is 669 g/mol. The summed E-state index contributed by atoms with van der Waals surface area (Å²) in [4.78, 5) is 14.8. The fourth-order valence-electron chi connectivity index (χ4n) is 6.05. The molecule has 0 radical (unpaired) electrons. The topological polar surface area (TPSA) is 82.2 Å². The Bertz CT molecular complexity index is 1870. The SMILES string of the molecule is CC(C)n1ccsc1=Nc1ccc(N2CCN(c3ccc(OCC4COC(Cn5cncn5)(c5ccc(Cl)cc5Cl)O4)cc3)CC2)cc1. The number of ether oxygens (including phenoxy) is 3. The van der Waals surface area contributed by atoms with E-state index in [1.165, 1.54) is 17.7 Å². The molecule has 7 rings (SSSR count). The molecule has 3 aromatic carbocycles. The number of rotatable bonds is 10. The molecule has 13 heteroatoms. The van der Waals surface area contributed by atoms with E-state index in [1.54, 1.807) is 34.5 Å². The van der Waals surface area contributed by atoms with Crippen LogP contribution in [0.3, 0.4) is 0 Å². The van der Waals surface area contributed by atoms with Crippen LogP contribution in [-0.2, 0) is 21.8 Å². The van der Waals surface area contributed by atoms with E-state index in [-0.39, 0.29) is 12.6 Å². The highest BCUT2D eigenvalue weighted by molar-refractivity contribution is 7.07. The number of nitrogens with zero attached hydrogens (tertiary/aromatic N) is 7. The van der Waals surface area contributed by atoms with E-state index in [1.807, 2.05) is 18.2 Å². The highest BCUT2D eigenvalue weighted by atomic mass is 35.5. The number of benzene rings is 3. The molecule has 2 aromatic heterocycles. The predicted molar refractivity (Wildman–Crippen MR) is 190 cm³/mol. The minimum Gasteiger partial charge on any atom is -0.491 e. The van der Waals surface area contributed by atoms with Crippen molar-refractivity contribution in [1.29, 1.82) is 0 Å². The average Bonchev–Trinajstić information content (AvgIpc) is 3.87. The van der Waals surface area contributed by atoms with Crippen LogP contribution < -0.4 is 19.3 Å². The van der Waals surface area contributed by atoms with Gasteiger partial charge in [0.25, 0.3) is 0 Å². The van der Waals surface area contributed by atoms with Crippen molar-refractivity contribution in [3.8, 4) is 5.75 Å². The number of thiazole rings is 1. The molecule has 0 aliphatic carbocycles. The van der Waals surface area contributed by atoms with Crippen molar-refractivity contribution in [2.24, 2.45) is 4.99 Å². The molecule has 0 amide bonds. The molecule has 0 spiro atoms. The maximum absolute atomic E-state index is 6.59. The van der Waals surface area contributed by atoms with Gasteiger partial charge in [0.2, 0.25) is 5.79 Å². The minimum atomic E-state index is -1.15. The molecule has 2 aliphatic heterocycles. The lowest BCUT2D eigenvalue weighted by Gasteiger charge is -2.37. The third-order valence-electron chi connectivity index (χ3n) is 8.57. The molecular formula is C35H37Cl2N7O3S. The summed E-state index contributed by atoms with van der Waals surface area (Å²) in [5, 5.41) is 7.32. The van der Waals surface area contributed by atoms with Crippen LogP contribution in [0.1, 0.15) is 25.5 Å². The lowest BCUT2D eigenvalue weighted by atomic mass is 10.1. The van der Waals surface area contributed by atoms with Gasteiger partial charge in [-0.3, -0.25) is 0 Å². The Morgan fingerprint density at radius 3 is 2.33 bits per heavy atom. The Balaban J connectivity index is 0.925. The number of hydrogen-bond donors (Lipinski definition) is 0. The smallest absolute Gasteiger partial charge is 0.217 e. The molecule has 0 N–H and O–H groups in total. The van der Waals surface area contributed by atoms with Gasteiger partial charge in [-0.15, -0.1) is 11.3 Å². The normalized spacial score (nSPS) is 20.2. The zero-order chi connectivity index (χ0) is 33.1. The summed E-state index contributed by atoms with van der Waals surface area (Å²) < 4.78 is 22.8.